The zero-order chi connectivity index (χ0) is 24.4. The lowest BCUT2D eigenvalue weighted by Gasteiger charge is -2.32. The van der Waals surface area contributed by atoms with E-state index in [1.54, 1.807) is 12.1 Å². The van der Waals surface area contributed by atoms with Crippen LogP contribution in [-0.4, -0.2) is 16.3 Å². The quantitative estimate of drug-likeness (QED) is 0.466. The van der Waals surface area contributed by atoms with Gasteiger partial charge in [-0.1, -0.05) is 96.2 Å². The summed E-state index contributed by atoms with van der Waals surface area (Å²) >= 11 is 6.40. The van der Waals surface area contributed by atoms with Crippen LogP contribution in [0.15, 0.2) is 42.5 Å². The Morgan fingerprint density at radius 1 is 0.909 bits per heavy atom. The van der Waals surface area contributed by atoms with Gasteiger partial charge in [0.1, 0.15) is 5.75 Å². The van der Waals surface area contributed by atoms with E-state index in [1.165, 1.54) is 24.8 Å². The lowest BCUT2D eigenvalue weighted by molar-refractivity contribution is 0.0881. The molecule has 0 aromatic heterocycles. The molecule has 0 radical (unpaired) electrons. The molecule has 0 aliphatic heterocycles. The number of aromatic hydroxyl groups is 1. The maximum atomic E-state index is 10.2. The number of rotatable bonds is 4. The van der Waals surface area contributed by atoms with Crippen LogP contribution < -0.4 is 0 Å². The Labute approximate surface area is 207 Å². The van der Waals surface area contributed by atoms with E-state index in [0.717, 1.165) is 60.1 Å². The molecule has 4 rings (SSSR count). The smallest absolute Gasteiger partial charge is 0.115 e. The van der Waals surface area contributed by atoms with Crippen molar-refractivity contribution in [2.75, 3.05) is 0 Å². The average Bonchev–Trinajstić information content (AvgIpc) is 3.20. The molecular weight excluding hydrogens is 428 g/mol. The third kappa shape index (κ3) is 8.65. The predicted octanol–water partition coefficient (Wildman–Crippen LogP) is 8.76. The van der Waals surface area contributed by atoms with Crippen molar-refractivity contribution < 1.29 is 10.2 Å². The highest BCUT2D eigenvalue weighted by molar-refractivity contribution is 6.31. The first-order chi connectivity index (χ1) is 15.9. The lowest BCUT2D eigenvalue weighted by atomic mass is 9.75. The van der Waals surface area contributed by atoms with Crippen molar-refractivity contribution in [2.24, 2.45) is 17.8 Å². The Balaban J connectivity index is 0.000000362. The Kier molecular flexibility index (Phi) is 11.8. The van der Waals surface area contributed by atoms with E-state index in [0.29, 0.717) is 11.8 Å². The molecule has 0 bridgehead atoms. The van der Waals surface area contributed by atoms with Crippen LogP contribution >= 0.6 is 11.6 Å². The second-order valence-electron chi connectivity index (χ2n) is 9.91. The fourth-order valence-electron chi connectivity index (χ4n) is 5.16. The van der Waals surface area contributed by atoms with Crippen molar-refractivity contribution >= 4 is 11.6 Å². The van der Waals surface area contributed by atoms with Crippen LogP contribution in [0.3, 0.4) is 0 Å². The van der Waals surface area contributed by atoms with Gasteiger partial charge >= 0.3 is 0 Å². The minimum atomic E-state index is -0.190. The molecule has 2 aromatic rings. The highest BCUT2D eigenvalue weighted by Crippen LogP contribution is 2.39. The third-order valence-corrected chi connectivity index (χ3v) is 7.89. The summed E-state index contributed by atoms with van der Waals surface area (Å²) in [4.78, 5) is 0. The van der Waals surface area contributed by atoms with Gasteiger partial charge < -0.3 is 10.2 Å². The molecule has 3 heteroatoms. The van der Waals surface area contributed by atoms with Gasteiger partial charge in [-0.2, -0.15) is 0 Å². The van der Waals surface area contributed by atoms with Crippen molar-refractivity contribution in [1.82, 2.24) is 0 Å². The number of phenols is 1. The highest BCUT2D eigenvalue weighted by atomic mass is 35.5. The zero-order valence-electron chi connectivity index (χ0n) is 21.4. The topological polar surface area (TPSA) is 40.5 Å². The van der Waals surface area contributed by atoms with E-state index in [-0.39, 0.29) is 11.9 Å². The summed E-state index contributed by atoms with van der Waals surface area (Å²) in [5, 5.41) is 20.4. The normalized spacial score (nSPS) is 26.6. The van der Waals surface area contributed by atoms with Crippen molar-refractivity contribution in [3.8, 4) is 5.75 Å². The lowest BCUT2D eigenvalue weighted by Crippen LogP contribution is -2.25. The van der Waals surface area contributed by atoms with Crippen molar-refractivity contribution in [3.63, 3.8) is 0 Å². The van der Waals surface area contributed by atoms with Gasteiger partial charge in [-0.3, -0.25) is 0 Å². The monoisotopic (exact) mass is 472 g/mol. The van der Waals surface area contributed by atoms with Crippen LogP contribution in [0.1, 0.15) is 102 Å². The largest absolute Gasteiger partial charge is 0.508 e. The molecule has 0 saturated heterocycles. The molecule has 33 heavy (non-hydrogen) atoms. The van der Waals surface area contributed by atoms with E-state index in [2.05, 4.69) is 32.9 Å². The number of halogens is 1. The minimum absolute atomic E-state index is 0.190. The maximum absolute atomic E-state index is 10.2. The second kappa shape index (κ2) is 14.0. The SMILES string of the molecule is CC.CC1CCCC1C.CCC1CC(O)CC(c2ccc(Cl)c(Cc3ccc(O)cc3)c2)C1. The summed E-state index contributed by atoms with van der Waals surface area (Å²) in [6, 6.07) is 13.6. The Morgan fingerprint density at radius 2 is 1.55 bits per heavy atom. The summed E-state index contributed by atoms with van der Waals surface area (Å²) in [6.07, 6.45) is 9.03. The summed E-state index contributed by atoms with van der Waals surface area (Å²) in [7, 11) is 0. The van der Waals surface area contributed by atoms with Crippen molar-refractivity contribution in [2.45, 2.75) is 98.0 Å². The minimum Gasteiger partial charge on any atom is -0.508 e. The van der Waals surface area contributed by atoms with Gasteiger partial charge in [0.15, 0.2) is 0 Å². The van der Waals surface area contributed by atoms with E-state index in [1.807, 2.05) is 32.0 Å². The molecule has 2 aliphatic carbocycles. The first kappa shape index (κ1) is 27.7. The van der Waals surface area contributed by atoms with Crippen LogP contribution in [0.5, 0.6) is 5.75 Å². The van der Waals surface area contributed by atoms with Gasteiger partial charge in [0, 0.05) is 5.02 Å². The van der Waals surface area contributed by atoms with Gasteiger partial charge in [-0.25, -0.2) is 0 Å². The van der Waals surface area contributed by atoms with Crippen molar-refractivity contribution in [1.29, 1.82) is 0 Å². The Bertz CT molecular complexity index is 809. The summed E-state index contributed by atoms with van der Waals surface area (Å²) < 4.78 is 0. The van der Waals surface area contributed by atoms with E-state index in [4.69, 9.17) is 11.6 Å². The number of aliphatic hydroxyl groups is 1. The van der Waals surface area contributed by atoms with Crippen LogP contribution in [0.2, 0.25) is 5.02 Å². The van der Waals surface area contributed by atoms with Gasteiger partial charge in [-0.05, 0) is 84.2 Å². The Morgan fingerprint density at radius 3 is 2.09 bits per heavy atom. The summed E-state index contributed by atoms with van der Waals surface area (Å²) in [6.45, 7) is 10.9. The molecule has 2 nitrogen and oxygen atoms in total. The predicted molar refractivity (Wildman–Crippen MR) is 142 cm³/mol. The fraction of sp³-hybridized carbons (Fsp3) is 0.600. The van der Waals surface area contributed by atoms with Gasteiger partial charge in [0.25, 0.3) is 0 Å². The first-order valence-electron chi connectivity index (χ1n) is 13.1. The molecule has 2 aliphatic rings. The van der Waals surface area contributed by atoms with Crippen LogP contribution in [0.4, 0.5) is 0 Å². The summed E-state index contributed by atoms with van der Waals surface area (Å²) in [5.41, 5.74) is 3.51. The molecule has 5 atom stereocenters. The second-order valence-corrected chi connectivity index (χ2v) is 10.3. The van der Waals surface area contributed by atoms with Gasteiger partial charge in [-0.15, -0.1) is 0 Å². The molecule has 2 N–H and O–H groups in total. The van der Waals surface area contributed by atoms with Crippen LogP contribution in [0, 0.1) is 17.8 Å². The number of aliphatic hydroxyl groups excluding tert-OH is 1. The first-order valence-corrected chi connectivity index (χ1v) is 13.5. The number of benzene rings is 2. The molecular formula is C30H45ClO2. The van der Waals surface area contributed by atoms with Crippen LogP contribution in [0.25, 0.3) is 0 Å². The van der Waals surface area contributed by atoms with Gasteiger partial charge in [0.2, 0.25) is 0 Å². The number of hydrogen-bond donors (Lipinski definition) is 2. The standard InChI is InChI=1S/C21H25ClO2.C7H14.C2H6/c1-2-14-9-17(13-20(24)11-14)16-5-8-21(22)18(12-16)10-15-3-6-19(23)7-4-15;1-6-4-3-5-7(6)2;1-2/h3-8,12,14,17,20,23-24H,2,9-11,13H2,1H3;6-7H,3-5H2,1-2H3;1-2H3. The fourth-order valence-corrected chi connectivity index (χ4v) is 5.34. The molecule has 0 amide bonds. The van der Waals surface area contributed by atoms with Gasteiger partial charge in [0.05, 0.1) is 6.10 Å². The molecule has 2 saturated carbocycles. The molecule has 2 fully saturated rings. The average molecular weight is 473 g/mol. The van der Waals surface area contributed by atoms with E-state index < -0.39 is 0 Å². The molecule has 2 aromatic carbocycles. The molecule has 0 spiro atoms. The highest BCUT2D eigenvalue weighted by Gasteiger charge is 2.28. The number of phenolic OH excluding ortho intramolecular Hbond substituents is 1. The Hall–Kier alpha value is -1.51. The zero-order valence-corrected chi connectivity index (χ0v) is 22.1. The number of hydrogen-bond acceptors (Lipinski definition) is 2. The third-order valence-electron chi connectivity index (χ3n) is 7.52. The molecule has 184 valence electrons. The van der Waals surface area contributed by atoms with Crippen molar-refractivity contribution in [3.05, 3.63) is 64.2 Å². The van der Waals surface area contributed by atoms with E-state index >= 15 is 0 Å². The van der Waals surface area contributed by atoms with Crippen LogP contribution in [-0.2, 0) is 6.42 Å². The maximum Gasteiger partial charge on any atom is 0.115 e. The van der Waals surface area contributed by atoms with E-state index in [9.17, 15) is 10.2 Å². The summed E-state index contributed by atoms with van der Waals surface area (Å²) in [5.74, 6) is 3.32. The molecule has 5 unspecified atom stereocenters. The molecule has 0 heterocycles.